The molecule has 170 valence electrons. The van der Waals surface area contributed by atoms with Crippen LogP contribution in [0.2, 0.25) is 0 Å². The van der Waals surface area contributed by atoms with E-state index in [1.807, 2.05) is 13.8 Å². The van der Waals surface area contributed by atoms with Crippen LogP contribution < -0.4 is 13.7 Å². The third kappa shape index (κ3) is 5.23. The summed E-state index contributed by atoms with van der Waals surface area (Å²) < 4.78 is 46.5. The fourth-order valence-electron chi connectivity index (χ4n) is 3.02. The first kappa shape index (κ1) is 23.2. The normalized spacial score (nSPS) is 11.3. The molecule has 3 aromatic rings. The Morgan fingerprint density at radius 3 is 2.28 bits per heavy atom. The summed E-state index contributed by atoms with van der Waals surface area (Å²) in [5.74, 6) is 0.757. The van der Waals surface area contributed by atoms with E-state index in [0.717, 1.165) is 0 Å². The number of ether oxygens (including phenoxy) is 2. The van der Waals surface area contributed by atoms with Crippen molar-refractivity contribution in [2.75, 3.05) is 14.2 Å². The second-order valence-electron chi connectivity index (χ2n) is 7.20. The van der Waals surface area contributed by atoms with Gasteiger partial charge in [-0.2, -0.15) is 8.42 Å². The summed E-state index contributed by atoms with van der Waals surface area (Å²) in [6.45, 7) is 3.99. The Morgan fingerprint density at radius 2 is 1.72 bits per heavy atom. The van der Waals surface area contributed by atoms with Crippen molar-refractivity contribution in [3.05, 3.63) is 72.2 Å². The summed E-state index contributed by atoms with van der Waals surface area (Å²) in [5.41, 5.74) is 0.666. The molecule has 0 unspecified atom stereocenters. The lowest BCUT2D eigenvalue weighted by atomic mass is 10.1. The summed E-state index contributed by atoms with van der Waals surface area (Å²) in [4.78, 5) is 14.4. The molecule has 1 heterocycles. The monoisotopic (exact) mass is 459 g/mol. The van der Waals surface area contributed by atoms with Crippen LogP contribution >= 0.6 is 0 Å². The molecule has 32 heavy (non-hydrogen) atoms. The lowest BCUT2D eigenvalue weighted by molar-refractivity contribution is 0.0657. The Balaban J connectivity index is 1.88. The molecule has 0 bridgehead atoms. The van der Waals surface area contributed by atoms with E-state index in [2.05, 4.69) is 0 Å². The van der Waals surface area contributed by atoms with Gasteiger partial charge in [-0.05, 0) is 67.9 Å². The molecule has 0 spiro atoms. The fraction of sp³-hybridized carbons (Fsp3) is 0.261. The van der Waals surface area contributed by atoms with Crippen LogP contribution in [0.1, 0.15) is 30.0 Å². The van der Waals surface area contributed by atoms with Crippen LogP contribution in [0.5, 0.6) is 17.2 Å². The molecular weight excluding hydrogens is 434 g/mol. The van der Waals surface area contributed by atoms with E-state index in [4.69, 9.17) is 18.1 Å². The zero-order valence-corrected chi connectivity index (χ0v) is 19.1. The van der Waals surface area contributed by atoms with Crippen LogP contribution in [-0.2, 0) is 16.7 Å². The van der Waals surface area contributed by atoms with Crippen molar-refractivity contribution < 1.29 is 31.3 Å². The molecule has 0 atom stereocenters. The van der Waals surface area contributed by atoms with Crippen molar-refractivity contribution in [1.82, 2.24) is 4.90 Å². The Morgan fingerprint density at radius 1 is 1.00 bits per heavy atom. The smallest absolute Gasteiger partial charge is 0.339 e. The fourth-order valence-corrected chi connectivity index (χ4v) is 3.95. The highest BCUT2D eigenvalue weighted by Crippen LogP contribution is 2.32. The molecule has 0 N–H and O–H groups in total. The molecular formula is C23H25NO7S. The molecule has 2 aromatic carbocycles. The molecule has 0 aliphatic rings. The van der Waals surface area contributed by atoms with E-state index in [9.17, 15) is 13.2 Å². The van der Waals surface area contributed by atoms with E-state index in [-0.39, 0.29) is 40.6 Å². The maximum absolute atomic E-state index is 12.8. The minimum Gasteiger partial charge on any atom is -0.497 e. The van der Waals surface area contributed by atoms with Crippen LogP contribution in [-0.4, -0.2) is 39.5 Å². The number of nitrogens with zero attached hydrogens (tertiary/aromatic N) is 1. The molecule has 0 saturated carbocycles. The van der Waals surface area contributed by atoms with Crippen LogP contribution in [0.15, 0.2) is 70.2 Å². The number of carbonyl (C=O) groups is 1. The number of methoxy groups -OCH3 is 2. The summed E-state index contributed by atoms with van der Waals surface area (Å²) >= 11 is 0. The van der Waals surface area contributed by atoms with Gasteiger partial charge in [-0.25, -0.2) is 0 Å². The molecule has 0 fully saturated rings. The minimum absolute atomic E-state index is 0.0231. The van der Waals surface area contributed by atoms with Crippen molar-refractivity contribution in [1.29, 1.82) is 0 Å². The highest BCUT2D eigenvalue weighted by Gasteiger charge is 2.23. The molecule has 0 aliphatic heterocycles. The Labute approximate surface area is 187 Å². The Kier molecular flexibility index (Phi) is 7.09. The third-order valence-electron chi connectivity index (χ3n) is 4.74. The SMILES string of the molecule is COc1ccc(S(=O)(=O)Oc2cc(CN(C(=O)c3ccco3)C(C)C)ccc2OC)cc1. The van der Waals surface area contributed by atoms with Crippen LogP contribution in [0.4, 0.5) is 0 Å². The molecule has 9 heteroatoms. The molecule has 1 aromatic heterocycles. The number of carbonyl (C=O) groups excluding carboxylic acids is 1. The zero-order valence-electron chi connectivity index (χ0n) is 18.3. The predicted octanol–water partition coefficient (Wildman–Crippen LogP) is 4.12. The average Bonchev–Trinajstić information content (AvgIpc) is 3.32. The largest absolute Gasteiger partial charge is 0.497 e. The van der Waals surface area contributed by atoms with E-state index in [1.165, 1.54) is 44.7 Å². The van der Waals surface area contributed by atoms with Gasteiger partial charge < -0.3 is 23.0 Å². The first-order valence-electron chi connectivity index (χ1n) is 9.85. The van der Waals surface area contributed by atoms with E-state index in [0.29, 0.717) is 11.3 Å². The van der Waals surface area contributed by atoms with Crippen LogP contribution in [0.3, 0.4) is 0 Å². The topological polar surface area (TPSA) is 95.3 Å². The lowest BCUT2D eigenvalue weighted by Crippen LogP contribution is -2.36. The molecule has 0 saturated heterocycles. The van der Waals surface area contributed by atoms with Gasteiger partial charge >= 0.3 is 10.1 Å². The van der Waals surface area contributed by atoms with E-state index >= 15 is 0 Å². The van der Waals surface area contributed by atoms with Crippen molar-refractivity contribution in [2.45, 2.75) is 31.3 Å². The highest BCUT2D eigenvalue weighted by atomic mass is 32.2. The number of amides is 1. The van der Waals surface area contributed by atoms with Gasteiger partial charge in [0.2, 0.25) is 0 Å². The van der Waals surface area contributed by atoms with Crippen molar-refractivity contribution in [3.8, 4) is 17.2 Å². The van der Waals surface area contributed by atoms with Gasteiger partial charge in [-0.1, -0.05) is 6.07 Å². The molecule has 3 rings (SSSR count). The average molecular weight is 460 g/mol. The zero-order chi connectivity index (χ0) is 23.3. The maximum Gasteiger partial charge on any atom is 0.339 e. The van der Waals surface area contributed by atoms with Gasteiger partial charge in [0.25, 0.3) is 5.91 Å². The molecule has 0 aliphatic carbocycles. The Hall–Kier alpha value is -3.46. The van der Waals surface area contributed by atoms with Crippen LogP contribution in [0.25, 0.3) is 0 Å². The van der Waals surface area contributed by atoms with Gasteiger partial charge in [0.15, 0.2) is 17.3 Å². The van der Waals surface area contributed by atoms with Gasteiger partial charge in [-0.3, -0.25) is 4.79 Å². The third-order valence-corrected chi connectivity index (χ3v) is 5.99. The predicted molar refractivity (Wildman–Crippen MR) is 118 cm³/mol. The van der Waals surface area contributed by atoms with Crippen molar-refractivity contribution >= 4 is 16.0 Å². The summed E-state index contributed by atoms with van der Waals surface area (Å²) in [5, 5.41) is 0. The molecule has 0 radical (unpaired) electrons. The van der Waals surface area contributed by atoms with Gasteiger partial charge in [0.1, 0.15) is 10.6 Å². The van der Waals surface area contributed by atoms with E-state index < -0.39 is 10.1 Å². The number of furan rings is 1. The van der Waals surface area contributed by atoms with Crippen LogP contribution in [0, 0.1) is 0 Å². The number of hydrogen-bond acceptors (Lipinski definition) is 7. The summed E-state index contributed by atoms with van der Waals surface area (Å²) in [6, 6.07) is 13.9. The number of benzene rings is 2. The second kappa shape index (κ2) is 9.78. The molecule has 8 nitrogen and oxygen atoms in total. The second-order valence-corrected chi connectivity index (χ2v) is 8.75. The Bertz CT molecular complexity index is 1150. The quantitative estimate of drug-likeness (QED) is 0.444. The first-order chi connectivity index (χ1) is 15.2. The number of rotatable bonds is 9. The summed E-state index contributed by atoms with van der Waals surface area (Å²) in [7, 11) is -1.20. The van der Waals surface area contributed by atoms with Crippen molar-refractivity contribution in [3.63, 3.8) is 0 Å². The first-order valence-corrected chi connectivity index (χ1v) is 11.3. The maximum atomic E-state index is 12.8. The number of hydrogen-bond donors (Lipinski definition) is 0. The highest BCUT2D eigenvalue weighted by molar-refractivity contribution is 7.87. The minimum atomic E-state index is -4.12. The van der Waals surface area contributed by atoms with Gasteiger partial charge in [-0.15, -0.1) is 0 Å². The van der Waals surface area contributed by atoms with Gasteiger partial charge in [0.05, 0.1) is 20.5 Å². The molecule has 1 amide bonds. The van der Waals surface area contributed by atoms with E-state index in [1.54, 1.807) is 35.2 Å². The van der Waals surface area contributed by atoms with Crippen molar-refractivity contribution in [2.24, 2.45) is 0 Å². The summed E-state index contributed by atoms with van der Waals surface area (Å²) in [6.07, 6.45) is 1.44. The van der Waals surface area contributed by atoms with Gasteiger partial charge in [0, 0.05) is 12.6 Å². The standard InChI is InChI=1S/C23H25NO7S/c1-16(2)24(23(25)21-6-5-13-30-21)15-17-7-12-20(29-4)22(14-17)31-32(26,27)19-10-8-18(28-3)9-11-19/h5-14,16H,15H2,1-4H3. The lowest BCUT2D eigenvalue weighted by Gasteiger charge is -2.26.